The summed E-state index contributed by atoms with van der Waals surface area (Å²) in [4.78, 5) is 0. The SMILES string of the molecule is C=C(C)c1ccc(CO)c(C)c1. The second-order valence-corrected chi connectivity index (χ2v) is 3.08. The van der Waals surface area contributed by atoms with E-state index >= 15 is 0 Å². The van der Waals surface area contributed by atoms with Crippen LogP contribution >= 0.6 is 0 Å². The van der Waals surface area contributed by atoms with Crippen LogP contribution < -0.4 is 0 Å². The predicted octanol–water partition coefficient (Wildman–Crippen LogP) is 2.52. The normalized spacial score (nSPS) is 9.92. The number of aliphatic hydroxyl groups is 1. The molecule has 1 rings (SSSR count). The molecule has 0 fully saturated rings. The zero-order valence-corrected chi connectivity index (χ0v) is 7.59. The molecule has 0 saturated heterocycles. The van der Waals surface area contributed by atoms with Crippen LogP contribution in [-0.4, -0.2) is 5.11 Å². The first kappa shape index (κ1) is 9.01. The molecule has 1 aromatic carbocycles. The van der Waals surface area contributed by atoms with Gasteiger partial charge in [0.2, 0.25) is 0 Å². The molecule has 0 amide bonds. The van der Waals surface area contributed by atoms with Gasteiger partial charge >= 0.3 is 0 Å². The molecule has 1 nitrogen and oxygen atoms in total. The Morgan fingerprint density at radius 3 is 2.58 bits per heavy atom. The van der Waals surface area contributed by atoms with E-state index in [2.05, 4.69) is 6.58 Å². The third kappa shape index (κ3) is 1.74. The molecule has 1 aromatic rings. The van der Waals surface area contributed by atoms with E-state index in [1.54, 1.807) is 0 Å². The Hall–Kier alpha value is -1.08. The third-order valence-corrected chi connectivity index (χ3v) is 2.01. The van der Waals surface area contributed by atoms with Crippen LogP contribution in [0.3, 0.4) is 0 Å². The monoisotopic (exact) mass is 162 g/mol. The third-order valence-electron chi connectivity index (χ3n) is 2.01. The zero-order valence-electron chi connectivity index (χ0n) is 7.59. The van der Waals surface area contributed by atoms with E-state index in [0.29, 0.717) is 0 Å². The number of allylic oxidation sites excluding steroid dienone is 1. The summed E-state index contributed by atoms with van der Waals surface area (Å²) in [6.45, 7) is 7.95. The summed E-state index contributed by atoms with van der Waals surface area (Å²) in [7, 11) is 0. The average Bonchev–Trinajstić information content (AvgIpc) is 2.04. The van der Waals surface area contributed by atoms with Crippen molar-refractivity contribution in [2.75, 3.05) is 0 Å². The first-order chi connectivity index (χ1) is 5.65. The van der Waals surface area contributed by atoms with Crippen LogP contribution in [0.15, 0.2) is 24.8 Å². The molecule has 0 atom stereocenters. The minimum absolute atomic E-state index is 0.113. The van der Waals surface area contributed by atoms with Gasteiger partial charge in [-0.25, -0.2) is 0 Å². The van der Waals surface area contributed by atoms with E-state index in [-0.39, 0.29) is 6.61 Å². The van der Waals surface area contributed by atoms with E-state index < -0.39 is 0 Å². The van der Waals surface area contributed by atoms with Crippen molar-refractivity contribution in [3.05, 3.63) is 41.5 Å². The standard InChI is InChI=1S/C11H14O/c1-8(2)10-4-5-11(7-12)9(3)6-10/h4-6,12H,1,7H2,2-3H3. The number of hydrogen-bond acceptors (Lipinski definition) is 1. The molecular weight excluding hydrogens is 148 g/mol. The quantitative estimate of drug-likeness (QED) is 0.708. The molecule has 0 aliphatic rings. The van der Waals surface area contributed by atoms with Gasteiger partial charge in [-0.2, -0.15) is 0 Å². The maximum Gasteiger partial charge on any atom is 0.0684 e. The van der Waals surface area contributed by atoms with Gasteiger partial charge in [0.05, 0.1) is 6.61 Å². The van der Waals surface area contributed by atoms with Gasteiger partial charge in [0, 0.05) is 0 Å². The number of rotatable bonds is 2. The molecule has 1 heteroatoms. The first-order valence-corrected chi connectivity index (χ1v) is 4.01. The maximum absolute atomic E-state index is 8.93. The van der Waals surface area contributed by atoms with Crippen molar-refractivity contribution in [2.24, 2.45) is 0 Å². The topological polar surface area (TPSA) is 20.2 Å². The predicted molar refractivity (Wildman–Crippen MR) is 51.8 cm³/mol. The van der Waals surface area contributed by atoms with Crippen molar-refractivity contribution in [1.82, 2.24) is 0 Å². The van der Waals surface area contributed by atoms with Crippen molar-refractivity contribution < 1.29 is 5.11 Å². The van der Waals surface area contributed by atoms with Crippen LogP contribution in [0.5, 0.6) is 0 Å². The highest BCUT2D eigenvalue weighted by atomic mass is 16.3. The zero-order chi connectivity index (χ0) is 9.14. The Morgan fingerprint density at radius 1 is 1.50 bits per heavy atom. The van der Waals surface area contributed by atoms with E-state index in [0.717, 1.165) is 22.3 Å². The maximum atomic E-state index is 8.93. The van der Waals surface area contributed by atoms with Gasteiger partial charge in [-0.3, -0.25) is 0 Å². The van der Waals surface area contributed by atoms with E-state index in [4.69, 9.17) is 5.11 Å². The largest absolute Gasteiger partial charge is 0.392 e. The molecule has 64 valence electrons. The summed E-state index contributed by atoms with van der Waals surface area (Å²) in [6.07, 6.45) is 0. The lowest BCUT2D eigenvalue weighted by molar-refractivity contribution is 0.281. The highest BCUT2D eigenvalue weighted by Crippen LogP contribution is 2.16. The summed E-state index contributed by atoms with van der Waals surface area (Å²) < 4.78 is 0. The highest BCUT2D eigenvalue weighted by molar-refractivity contribution is 5.62. The van der Waals surface area contributed by atoms with Crippen LogP contribution in [0.25, 0.3) is 5.57 Å². The van der Waals surface area contributed by atoms with Crippen molar-refractivity contribution >= 4 is 5.57 Å². The van der Waals surface area contributed by atoms with Crippen LogP contribution in [0, 0.1) is 6.92 Å². The van der Waals surface area contributed by atoms with E-state index in [1.165, 1.54) is 0 Å². The summed E-state index contributed by atoms with van der Waals surface area (Å²) in [5.74, 6) is 0. The number of benzene rings is 1. The average molecular weight is 162 g/mol. The Balaban J connectivity index is 3.10. The van der Waals surface area contributed by atoms with Gasteiger partial charge in [-0.05, 0) is 30.5 Å². The van der Waals surface area contributed by atoms with Gasteiger partial charge in [0.1, 0.15) is 0 Å². The first-order valence-electron chi connectivity index (χ1n) is 4.01. The van der Waals surface area contributed by atoms with E-state index in [1.807, 2.05) is 32.0 Å². The Kier molecular flexibility index (Phi) is 2.66. The summed E-state index contributed by atoms with van der Waals surface area (Å²) >= 11 is 0. The number of hydrogen-bond donors (Lipinski definition) is 1. The van der Waals surface area contributed by atoms with Gasteiger partial charge in [0.15, 0.2) is 0 Å². The molecule has 0 saturated carbocycles. The van der Waals surface area contributed by atoms with Crippen molar-refractivity contribution in [2.45, 2.75) is 20.5 Å². The second-order valence-electron chi connectivity index (χ2n) is 3.08. The summed E-state index contributed by atoms with van der Waals surface area (Å²) in [5.41, 5.74) is 4.31. The molecule has 0 spiro atoms. The second kappa shape index (κ2) is 3.55. The molecule has 0 radical (unpaired) electrons. The van der Waals surface area contributed by atoms with Gasteiger partial charge in [0.25, 0.3) is 0 Å². The fraction of sp³-hybridized carbons (Fsp3) is 0.273. The molecule has 0 bridgehead atoms. The summed E-state index contributed by atoms with van der Waals surface area (Å²) in [5, 5.41) is 8.93. The van der Waals surface area contributed by atoms with Crippen molar-refractivity contribution in [3.63, 3.8) is 0 Å². The molecule has 0 heterocycles. The Labute approximate surface area is 73.4 Å². The lowest BCUT2D eigenvalue weighted by Gasteiger charge is -2.05. The fourth-order valence-corrected chi connectivity index (χ4v) is 1.14. The van der Waals surface area contributed by atoms with Gasteiger partial charge in [-0.1, -0.05) is 30.4 Å². The molecule has 0 aliphatic carbocycles. The van der Waals surface area contributed by atoms with Crippen LogP contribution in [0.2, 0.25) is 0 Å². The minimum atomic E-state index is 0.113. The van der Waals surface area contributed by atoms with Crippen molar-refractivity contribution in [1.29, 1.82) is 0 Å². The smallest absolute Gasteiger partial charge is 0.0684 e. The highest BCUT2D eigenvalue weighted by Gasteiger charge is 1.98. The molecule has 0 aromatic heterocycles. The van der Waals surface area contributed by atoms with Gasteiger partial charge in [-0.15, -0.1) is 0 Å². The number of aryl methyl sites for hydroxylation is 1. The van der Waals surface area contributed by atoms with Crippen molar-refractivity contribution in [3.8, 4) is 0 Å². The van der Waals surface area contributed by atoms with Crippen LogP contribution in [0.4, 0.5) is 0 Å². The lowest BCUT2D eigenvalue weighted by atomic mass is 10.0. The minimum Gasteiger partial charge on any atom is -0.392 e. The molecule has 12 heavy (non-hydrogen) atoms. The Bertz CT molecular complexity index is 300. The summed E-state index contributed by atoms with van der Waals surface area (Å²) in [6, 6.07) is 5.98. The molecule has 1 N–H and O–H groups in total. The molecule has 0 unspecified atom stereocenters. The van der Waals surface area contributed by atoms with Gasteiger partial charge < -0.3 is 5.11 Å². The van der Waals surface area contributed by atoms with Crippen LogP contribution in [0.1, 0.15) is 23.6 Å². The number of aliphatic hydroxyl groups excluding tert-OH is 1. The fourth-order valence-electron chi connectivity index (χ4n) is 1.14. The molecule has 0 aliphatic heterocycles. The van der Waals surface area contributed by atoms with Crippen LogP contribution in [-0.2, 0) is 6.61 Å². The molecular formula is C11H14O. The Morgan fingerprint density at radius 2 is 2.17 bits per heavy atom. The van der Waals surface area contributed by atoms with E-state index in [9.17, 15) is 0 Å². The lowest BCUT2D eigenvalue weighted by Crippen LogP contribution is -1.89.